The van der Waals surface area contributed by atoms with Crippen LogP contribution in [0.4, 0.5) is 0 Å². The number of ether oxygens (including phenoxy) is 1. The number of benzene rings is 1. The van der Waals surface area contributed by atoms with Gasteiger partial charge in [-0.2, -0.15) is 0 Å². The topological polar surface area (TPSA) is 35.2 Å². The van der Waals surface area contributed by atoms with E-state index in [2.05, 4.69) is 13.8 Å². The lowest BCUT2D eigenvalue weighted by atomic mass is 9.97. The first-order valence-corrected chi connectivity index (χ1v) is 4.54. The van der Waals surface area contributed by atoms with Crippen molar-refractivity contribution in [3.05, 3.63) is 29.8 Å². The van der Waals surface area contributed by atoms with Crippen LogP contribution in [0, 0.1) is 5.92 Å². The lowest BCUT2D eigenvalue weighted by molar-refractivity contribution is 0.414. The van der Waals surface area contributed by atoms with Crippen LogP contribution in [0.5, 0.6) is 5.75 Å². The van der Waals surface area contributed by atoms with E-state index in [1.165, 1.54) is 0 Å². The highest BCUT2D eigenvalue weighted by molar-refractivity contribution is 5.29. The Balaban J connectivity index is 2.79. The van der Waals surface area contributed by atoms with E-state index in [0.717, 1.165) is 11.3 Å². The van der Waals surface area contributed by atoms with Crippen LogP contribution in [0.15, 0.2) is 24.3 Å². The van der Waals surface area contributed by atoms with E-state index in [1.54, 1.807) is 7.11 Å². The Kier molecular flexibility index (Phi) is 3.32. The molecule has 0 bridgehead atoms. The van der Waals surface area contributed by atoms with Crippen LogP contribution >= 0.6 is 0 Å². The predicted octanol–water partition coefficient (Wildman–Crippen LogP) is 2.35. The average molecular weight is 179 g/mol. The third-order valence-corrected chi connectivity index (χ3v) is 2.22. The summed E-state index contributed by atoms with van der Waals surface area (Å²) in [6, 6.07) is 8.04. The molecule has 2 heteroatoms. The maximum atomic E-state index is 5.99. The summed E-state index contributed by atoms with van der Waals surface area (Å²) in [4.78, 5) is 0. The molecule has 0 saturated carbocycles. The molecule has 0 aromatic heterocycles. The zero-order valence-electron chi connectivity index (χ0n) is 8.45. The first kappa shape index (κ1) is 10.1. The fraction of sp³-hybridized carbons (Fsp3) is 0.455. The molecule has 2 N–H and O–H groups in total. The van der Waals surface area contributed by atoms with E-state index in [-0.39, 0.29) is 6.04 Å². The van der Waals surface area contributed by atoms with Crippen LogP contribution in [-0.2, 0) is 0 Å². The fourth-order valence-corrected chi connectivity index (χ4v) is 1.21. The SMILES string of the molecule is COc1ccc([C@H](N)C(C)C)cc1. The number of hydrogen-bond donors (Lipinski definition) is 1. The van der Waals surface area contributed by atoms with Crippen LogP contribution in [0.25, 0.3) is 0 Å². The second-order valence-electron chi connectivity index (χ2n) is 3.54. The molecule has 0 heterocycles. The van der Waals surface area contributed by atoms with Crippen molar-refractivity contribution >= 4 is 0 Å². The van der Waals surface area contributed by atoms with E-state index in [4.69, 9.17) is 10.5 Å². The molecule has 72 valence electrons. The van der Waals surface area contributed by atoms with Crippen LogP contribution in [0.1, 0.15) is 25.5 Å². The van der Waals surface area contributed by atoms with Gasteiger partial charge < -0.3 is 10.5 Å². The Morgan fingerprint density at radius 1 is 1.15 bits per heavy atom. The molecule has 0 fully saturated rings. The molecule has 0 unspecified atom stereocenters. The van der Waals surface area contributed by atoms with Gasteiger partial charge in [0.15, 0.2) is 0 Å². The van der Waals surface area contributed by atoms with Crippen molar-refractivity contribution in [1.29, 1.82) is 0 Å². The minimum atomic E-state index is 0.117. The summed E-state index contributed by atoms with van der Waals surface area (Å²) in [6.07, 6.45) is 0. The van der Waals surface area contributed by atoms with Gasteiger partial charge in [0.25, 0.3) is 0 Å². The first-order chi connectivity index (χ1) is 6.15. The quantitative estimate of drug-likeness (QED) is 0.773. The predicted molar refractivity (Wildman–Crippen MR) is 54.8 cm³/mol. The summed E-state index contributed by atoms with van der Waals surface area (Å²) in [6.45, 7) is 4.24. The summed E-state index contributed by atoms with van der Waals surface area (Å²) in [5, 5.41) is 0. The highest BCUT2D eigenvalue weighted by atomic mass is 16.5. The summed E-state index contributed by atoms with van der Waals surface area (Å²) < 4.78 is 5.07. The van der Waals surface area contributed by atoms with Crippen molar-refractivity contribution in [2.75, 3.05) is 7.11 Å². The number of rotatable bonds is 3. The van der Waals surface area contributed by atoms with Gasteiger partial charge in [0.2, 0.25) is 0 Å². The van der Waals surface area contributed by atoms with Gasteiger partial charge in [0.05, 0.1) is 7.11 Å². The average Bonchev–Trinajstić information content (AvgIpc) is 2.17. The molecule has 1 aromatic carbocycles. The smallest absolute Gasteiger partial charge is 0.118 e. The van der Waals surface area contributed by atoms with Crippen LogP contribution in [0.3, 0.4) is 0 Å². The number of hydrogen-bond acceptors (Lipinski definition) is 2. The van der Waals surface area contributed by atoms with Crippen LogP contribution < -0.4 is 10.5 Å². The zero-order chi connectivity index (χ0) is 9.84. The molecule has 0 aliphatic carbocycles. The fourth-order valence-electron chi connectivity index (χ4n) is 1.21. The highest BCUT2D eigenvalue weighted by Crippen LogP contribution is 2.21. The van der Waals surface area contributed by atoms with Gasteiger partial charge >= 0.3 is 0 Å². The standard InChI is InChI=1S/C11H17NO/c1-8(2)11(12)9-4-6-10(13-3)7-5-9/h4-8,11H,12H2,1-3H3/t11-/m1/s1. The van der Waals surface area contributed by atoms with Crippen LogP contribution in [-0.4, -0.2) is 7.11 Å². The Bertz CT molecular complexity index is 253. The second kappa shape index (κ2) is 4.28. The molecule has 0 aliphatic rings. The third kappa shape index (κ3) is 2.46. The lowest BCUT2D eigenvalue weighted by Gasteiger charge is -2.15. The minimum absolute atomic E-state index is 0.117. The van der Waals surface area contributed by atoms with Gasteiger partial charge in [-0.3, -0.25) is 0 Å². The molecule has 2 nitrogen and oxygen atoms in total. The zero-order valence-corrected chi connectivity index (χ0v) is 8.45. The van der Waals surface area contributed by atoms with Gasteiger partial charge in [0.1, 0.15) is 5.75 Å². The van der Waals surface area contributed by atoms with Gasteiger partial charge in [-0.15, -0.1) is 0 Å². The maximum absolute atomic E-state index is 5.99. The molecule has 1 rings (SSSR count). The van der Waals surface area contributed by atoms with Gasteiger partial charge in [0, 0.05) is 6.04 Å². The monoisotopic (exact) mass is 179 g/mol. The van der Waals surface area contributed by atoms with E-state index < -0.39 is 0 Å². The minimum Gasteiger partial charge on any atom is -0.497 e. The van der Waals surface area contributed by atoms with Crippen molar-refractivity contribution in [2.24, 2.45) is 11.7 Å². The van der Waals surface area contributed by atoms with E-state index >= 15 is 0 Å². The van der Waals surface area contributed by atoms with Gasteiger partial charge in [-0.25, -0.2) is 0 Å². The Morgan fingerprint density at radius 3 is 2.08 bits per heavy atom. The lowest BCUT2D eigenvalue weighted by Crippen LogP contribution is -2.16. The Morgan fingerprint density at radius 2 is 1.69 bits per heavy atom. The highest BCUT2D eigenvalue weighted by Gasteiger charge is 2.09. The Hall–Kier alpha value is -1.02. The molecular formula is C11H17NO. The van der Waals surface area contributed by atoms with E-state index in [0.29, 0.717) is 5.92 Å². The molecule has 1 atom stereocenters. The molecule has 0 spiro atoms. The maximum Gasteiger partial charge on any atom is 0.118 e. The summed E-state index contributed by atoms with van der Waals surface area (Å²) >= 11 is 0. The van der Waals surface area contributed by atoms with Crippen molar-refractivity contribution < 1.29 is 4.74 Å². The van der Waals surface area contributed by atoms with E-state index in [9.17, 15) is 0 Å². The number of methoxy groups -OCH3 is 1. The largest absolute Gasteiger partial charge is 0.497 e. The molecule has 13 heavy (non-hydrogen) atoms. The van der Waals surface area contributed by atoms with Crippen molar-refractivity contribution in [2.45, 2.75) is 19.9 Å². The van der Waals surface area contributed by atoms with Crippen molar-refractivity contribution in [3.63, 3.8) is 0 Å². The first-order valence-electron chi connectivity index (χ1n) is 4.54. The molecular weight excluding hydrogens is 162 g/mol. The summed E-state index contributed by atoms with van der Waals surface area (Å²) in [5.74, 6) is 1.34. The molecule has 0 saturated heterocycles. The van der Waals surface area contributed by atoms with E-state index in [1.807, 2.05) is 24.3 Å². The van der Waals surface area contributed by atoms with Gasteiger partial charge in [-0.1, -0.05) is 26.0 Å². The second-order valence-corrected chi connectivity index (χ2v) is 3.54. The molecule has 1 aromatic rings. The van der Waals surface area contributed by atoms with Crippen molar-refractivity contribution in [1.82, 2.24) is 0 Å². The normalized spacial score (nSPS) is 13.0. The Labute approximate surface area is 79.7 Å². The van der Waals surface area contributed by atoms with Gasteiger partial charge in [-0.05, 0) is 23.6 Å². The molecule has 0 radical (unpaired) electrons. The number of nitrogens with two attached hydrogens (primary N) is 1. The summed E-state index contributed by atoms with van der Waals surface area (Å²) in [7, 11) is 1.66. The van der Waals surface area contributed by atoms with Crippen LogP contribution in [0.2, 0.25) is 0 Å². The van der Waals surface area contributed by atoms with Crippen molar-refractivity contribution in [3.8, 4) is 5.75 Å². The summed E-state index contributed by atoms with van der Waals surface area (Å²) in [5.41, 5.74) is 7.15. The third-order valence-electron chi connectivity index (χ3n) is 2.22. The molecule has 0 amide bonds. The molecule has 0 aliphatic heterocycles.